The summed E-state index contributed by atoms with van der Waals surface area (Å²) in [7, 11) is -4.10. The van der Waals surface area contributed by atoms with Crippen molar-refractivity contribution in [1.82, 2.24) is 0 Å². The fourth-order valence-electron chi connectivity index (χ4n) is 0.723. The van der Waals surface area contributed by atoms with Gasteiger partial charge in [-0.25, -0.2) is 4.79 Å². The zero-order chi connectivity index (χ0) is 13.5. The van der Waals surface area contributed by atoms with Crippen LogP contribution in [-0.4, -0.2) is 24.0 Å². The van der Waals surface area contributed by atoms with Crippen molar-refractivity contribution < 1.29 is 22.9 Å². The molecule has 5 N–H and O–H groups in total. The Morgan fingerprint density at radius 2 is 1.76 bits per heavy atom. The number of carboxylic acids is 1. The molecule has 8 heteroatoms. The number of benzene rings is 1. The van der Waals surface area contributed by atoms with Crippen LogP contribution in [0.2, 0.25) is 0 Å². The Hall–Kier alpha value is -1.90. The number of hydrazine groups is 1. The molecule has 0 spiro atoms. The molecule has 0 bridgehead atoms. The molecule has 0 aromatic heterocycles. The minimum Gasteiger partial charge on any atom is -0.478 e. The van der Waals surface area contributed by atoms with Crippen molar-refractivity contribution in [1.29, 1.82) is 0 Å². The second-order valence-corrected chi connectivity index (χ2v) is 4.11. The summed E-state index contributed by atoms with van der Waals surface area (Å²) in [5, 5.41) is 7.60. The molecular weight excluding hydrogens is 248 g/mol. The van der Waals surface area contributed by atoms with E-state index in [-0.39, 0.29) is 4.90 Å². The third-order valence-electron chi connectivity index (χ3n) is 1.49. The number of anilines is 1. The van der Waals surface area contributed by atoms with E-state index < -0.39 is 16.1 Å². The molecule has 7 nitrogen and oxygen atoms in total. The van der Waals surface area contributed by atoms with E-state index in [4.69, 9.17) is 15.5 Å². The number of nitrogens with two attached hydrogens (primary N) is 1. The molecule has 0 unspecified atom stereocenters. The summed E-state index contributed by atoms with van der Waals surface area (Å²) in [6, 6.07) is 5.40. The number of hydrogen-bond acceptors (Lipinski definition) is 5. The Morgan fingerprint density at radius 3 is 2.00 bits per heavy atom. The standard InChI is InChI=1S/C6H8N2O3S.C3H4O2/c7-8-5-1-3-6(4-2-5)12(9,10)11;1-2-3(4)5/h1-4,8H,7H2,(H,9,10,11);2H,1H2,(H,4,5). The number of carbonyl (C=O) groups is 1. The van der Waals surface area contributed by atoms with Crippen LogP contribution in [0.5, 0.6) is 0 Å². The quantitative estimate of drug-likeness (QED) is 0.269. The maximum absolute atomic E-state index is 10.5. The molecule has 0 radical (unpaired) electrons. The Bertz CT molecular complexity index is 481. The van der Waals surface area contributed by atoms with Gasteiger partial charge in [-0.2, -0.15) is 8.42 Å². The second-order valence-electron chi connectivity index (χ2n) is 2.69. The molecule has 1 rings (SSSR count). The number of nitrogen functional groups attached to an aromatic ring is 1. The largest absolute Gasteiger partial charge is 0.478 e. The molecule has 0 amide bonds. The van der Waals surface area contributed by atoms with Gasteiger partial charge in [-0.15, -0.1) is 0 Å². The van der Waals surface area contributed by atoms with Crippen molar-refractivity contribution in [3.63, 3.8) is 0 Å². The van der Waals surface area contributed by atoms with Crippen LogP contribution in [0.25, 0.3) is 0 Å². The van der Waals surface area contributed by atoms with E-state index in [0.717, 1.165) is 6.08 Å². The number of aliphatic carboxylic acids is 1. The molecule has 94 valence electrons. The molecule has 0 heterocycles. The lowest BCUT2D eigenvalue weighted by Gasteiger charge is -1.99. The molecule has 1 aromatic rings. The number of nitrogens with one attached hydrogen (secondary N) is 1. The maximum Gasteiger partial charge on any atom is 0.327 e. The van der Waals surface area contributed by atoms with Crippen molar-refractivity contribution in [3.05, 3.63) is 36.9 Å². The molecule has 17 heavy (non-hydrogen) atoms. The van der Waals surface area contributed by atoms with Gasteiger partial charge < -0.3 is 10.5 Å². The summed E-state index contributed by atoms with van der Waals surface area (Å²) < 4.78 is 29.6. The topological polar surface area (TPSA) is 130 Å². The fraction of sp³-hybridized carbons (Fsp3) is 0. The Kier molecular flexibility index (Phi) is 5.89. The van der Waals surface area contributed by atoms with E-state index in [9.17, 15) is 13.2 Å². The average Bonchev–Trinajstić information content (AvgIpc) is 2.29. The Morgan fingerprint density at radius 1 is 1.35 bits per heavy atom. The summed E-state index contributed by atoms with van der Waals surface area (Å²) in [5.41, 5.74) is 2.90. The average molecular weight is 260 g/mol. The van der Waals surface area contributed by atoms with Gasteiger partial charge in [0.1, 0.15) is 0 Å². The first kappa shape index (κ1) is 15.1. The third-order valence-corrected chi connectivity index (χ3v) is 2.36. The van der Waals surface area contributed by atoms with Crippen LogP contribution in [0.15, 0.2) is 41.8 Å². The monoisotopic (exact) mass is 260 g/mol. The lowest BCUT2D eigenvalue weighted by atomic mass is 10.3. The van der Waals surface area contributed by atoms with Gasteiger partial charge in [0.05, 0.1) is 4.90 Å². The SMILES string of the molecule is C=CC(=O)O.NNc1ccc(S(=O)(=O)O)cc1. The van der Waals surface area contributed by atoms with Gasteiger partial charge in [0.15, 0.2) is 0 Å². The maximum atomic E-state index is 10.5. The highest BCUT2D eigenvalue weighted by atomic mass is 32.2. The van der Waals surface area contributed by atoms with E-state index in [1.165, 1.54) is 24.3 Å². The lowest BCUT2D eigenvalue weighted by molar-refractivity contribution is -0.131. The Balaban J connectivity index is 0.000000437. The summed E-state index contributed by atoms with van der Waals surface area (Å²) in [4.78, 5) is 9.10. The minimum atomic E-state index is -4.10. The predicted molar refractivity (Wildman–Crippen MR) is 61.9 cm³/mol. The van der Waals surface area contributed by atoms with Crippen molar-refractivity contribution in [2.75, 3.05) is 5.43 Å². The van der Waals surface area contributed by atoms with Crippen LogP contribution in [0.4, 0.5) is 5.69 Å². The van der Waals surface area contributed by atoms with E-state index >= 15 is 0 Å². The van der Waals surface area contributed by atoms with Gasteiger partial charge in [-0.05, 0) is 24.3 Å². The lowest BCUT2D eigenvalue weighted by Crippen LogP contribution is -2.06. The number of hydrogen-bond donors (Lipinski definition) is 4. The third kappa shape index (κ3) is 6.30. The van der Waals surface area contributed by atoms with Crippen LogP contribution < -0.4 is 11.3 Å². The van der Waals surface area contributed by atoms with Gasteiger partial charge in [-0.1, -0.05) is 6.58 Å². The number of rotatable bonds is 3. The van der Waals surface area contributed by atoms with Gasteiger partial charge in [0.2, 0.25) is 0 Å². The van der Waals surface area contributed by atoms with Crippen LogP contribution in [0.1, 0.15) is 0 Å². The van der Waals surface area contributed by atoms with Crippen LogP contribution in [0.3, 0.4) is 0 Å². The van der Waals surface area contributed by atoms with Gasteiger partial charge in [0, 0.05) is 11.8 Å². The summed E-state index contributed by atoms with van der Waals surface area (Å²) in [6.45, 7) is 2.96. The van der Waals surface area contributed by atoms with Crippen molar-refractivity contribution in [3.8, 4) is 0 Å². The molecule has 0 aliphatic rings. The minimum absolute atomic E-state index is 0.151. The molecule has 0 aliphatic carbocycles. The van der Waals surface area contributed by atoms with E-state index in [1.807, 2.05) is 0 Å². The zero-order valence-corrected chi connectivity index (χ0v) is 9.52. The molecule has 0 saturated carbocycles. The second kappa shape index (κ2) is 6.63. The summed E-state index contributed by atoms with van der Waals surface area (Å²) in [6.07, 6.45) is 0.833. The molecule has 0 aliphatic heterocycles. The fourth-order valence-corrected chi connectivity index (χ4v) is 1.20. The molecule has 0 fully saturated rings. The highest BCUT2D eigenvalue weighted by Gasteiger charge is 2.07. The zero-order valence-electron chi connectivity index (χ0n) is 8.70. The van der Waals surface area contributed by atoms with E-state index in [2.05, 4.69) is 12.0 Å². The molecule has 1 aromatic carbocycles. The van der Waals surface area contributed by atoms with Crippen molar-refractivity contribution in [2.45, 2.75) is 4.90 Å². The van der Waals surface area contributed by atoms with Crippen LogP contribution in [0, 0.1) is 0 Å². The molecule has 0 saturated heterocycles. The molecule has 0 atom stereocenters. The van der Waals surface area contributed by atoms with Gasteiger partial charge >= 0.3 is 5.97 Å². The first-order valence-corrected chi connectivity index (χ1v) is 5.64. The van der Waals surface area contributed by atoms with Crippen molar-refractivity contribution >= 4 is 21.8 Å². The smallest absolute Gasteiger partial charge is 0.327 e. The van der Waals surface area contributed by atoms with Crippen LogP contribution in [-0.2, 0) is 14.9 Å². The van der Waals surface area contributed by atoms with E-state index in [1.54, 1.807) is 0 Å². The van der Waals surface area contributed by atoms with E-state index in [0.29, 0.717) is 5.69 Å². The number of carboxylic acid groups (broad SMARTS) is 1. The first-order valence-electron chi connectivity index (χ1n) is 4.20. The summed E-state index contributed by atoms with van der Waals surface area (Å²) in [5.74, 6) is 4.07. The molecular formula is C9H12N2O5S. The van der Waals surface area contributed by atoms with Crippen molar-refractivity contribution in [2.24, 2.45) is 5.84 Å². The van der Waals surface area contributed by atoms with Crippen LogP contribution >= 0.6 is 0 Å². The normalized spacial score (nSPS) is 9.76. The first-order chi connectivity index (χ1) is 7.81. The Labute approximate surface area is 98.3 Å². The highest BCUT2D eigenvalue weighted by molar-refractivity contribution is 7.85. The van der Waals surface area contributed by atoms with Gasteiger partial charge in [-0.3, -0.25) is 10.4 Å². The predicted octanol–water partition coefficient (Wildman–Crippen LogP) is 0.476. The van der Waals surface area contributed by atoms with Gasteiger partial charge in [0.25, 0.3) is 10.1 Å². The highest BCUT2D eigenvalue weighted by Crippen LogP contribution is 2.12. The summed E-state index contributed by atoms with van der Waals surface area (Å²) >= 11 is 0.